The SMILES string of the molecule is COC1(c2ccc(Br)cc2)COc2ccccc2O1. The lowest BCUT2D eigenvalue weighted by atomic mass is 10.1. The summed E-state index contributed by atoms with van der Waals surface area (Å²) in [6.07, 6.45) is 0. The summed E-state index contributed by atoms with van der Waals surface area (Å²) in [6, 6.07) is 15.4. The highest BCUT2D eigenvalue weighted by molar-refractivity contribution is 9.10. The molecule has 3 rings (SSSR count). The molecule has 0 N–H and O–H groups in total. The first-order valence-corrected chi connectivity index (χ1v) is 6.75. The third-order valence-electron chi connectivity index (χ3n) is 3.16. The predicted molar refractivity (Wildman–Crippen MR) is 75.4 cm³/mol. The standard InChI is InChI=1S/C15H13BrO3/c1-17-15(11-6-8-12(16)9-7-11)10-18-13-4-2-3-5-14(13)19-15/h2-9H,10H2,1H3. The highest BCUT2D eigenvalue weighted by atomic mass is 79.9. The van der Waals surface area contributed by atoms with E-state index in [1.165, 1.54) is 0 Å². The number of rotatable bonds is 2. The number of para-hydroxylation sites is 2. The molecule has 3 nitrogen and oxygen atoms in total. The average Bonchev–Trinajstić information content (AvgIpc) is 2.47. The number of halogens is 1. The van der Waals surface area contributed by atoms with Crippen molar-refractivity contribution in [2.24, 2.45) is 0 Å². The zero-order valence-corrected chi connectivity index (χ0v) is 12.0. The summed E-state index contributed by atoms with van der Waals surface area (Å²) in [5.41, 5.74) is 0.924. The van der Waals surface area contributed by atoms with Gasteiger partial charge in [-0.25, -0.2) is 0 Å². The van der Waals surface area contributed by atoms with Crippen molar-refractivity contribution in [3.63, 3.8) is 0 Å². The summed E-state index contributed by atoms with van der Waals surface area (Å²) in [4.78, 5) is 0. The van der Waals surface area contributed by atoms with Crippen molar-refractivity contribution >= 4 is 15.9 Å². The first-order valence-electron chi connectivity index (χ1n) is 5.95. The molecule has 4 heteroatoms. The van der Waals surface area contributed by atoms with Crippen molar-refractivity contribution in [1.82, 2.24) is 0 Å². The lowest BCUT2D eigenvalue weighted by Gasteiger charge is -2.37. The Morgan fingerprint density at radius 1 is 1.05 bits per heavy atom. The van der Waals surface area contributed by atoms with E-state index in [-0.39, 0.29) is 0 Å². The fraction of sp³-hybridized carbons (Fsp3) is 0.200. The van der Waals surface area contributed by atoms with Crippen molar-refractivity contribution < 1.29 is 14.2 Å². The normalized spacial score (nSPS) is 21.2. The van der Waals surface area contributed by atoms with E-state index < -0.39 is 5.79 Å². The van der Waals surface area contributed by atoms with Gasteiger partial charge in [0, 0.05) is 17.1 Å². The molecule has 0 amide bonds. The van der Waals surface area contributed by atoms with Crippen LogP contribution in [0, 0.1) is 0 Å². The number of hydrogen-bond donors (Lipinski definition) is 0. The molecule has 98 valence electrons. The van der Waals surface area contributed by atoms with Crippen LogP contribution in [0.1, 0.15) is 5.56 Å². The second kappa shape index (κ2) is 4.87. The first-order chi connectivity index (χ1) is 9.23. The Labute approximate surface area is 120 Å². The highest BCUT2D eigenvalue weighted by Crippen LogP contribution is 2.40. The fourth-order valence-electron chi connectivity index (χ4n) is 2.10. The summed E-state index contributed by atoms with van der Waals surface area (Å²) in [5, 5.41) is 0. The molecule has 0 aliphatic carbocycles. The van der Waals surface area contributed by atoms with Crippen LogP contribution in [0.2, 0.25) is 0 Å². The Bertz CT molecular complexity index is 582. The minimum absolute atomic E-state index is 0.322. The summed E-state index contributed by atoms with van der Waals surface area (Å²) in [5.74, 6) is 0.542. The molecule has 0 aromatic heterocycles. The monoisotopic (exact) mass is 320 g/mol. The number of hydrogen-bond acceptors (Lipinski definition) is 3. The van der Waals surface area contributed by atoms with Gasteiger partial charge in [0.25, 0.3) is 5.79 Å². The van der Waals surface area contributed by atoms with Gasteiger partial charge in [0.05, 0.1) is 0 Å². The van der Waals surface area contributed by atoms with E-state index in [4.69, 9.17) is 14.2 Å². The zero-order valence-electron chi connectivity index (χ0n) is 10.4. The van der Waals surface area contributed by atoms with Gasteiger partial charge in [-0.2, -0.15) is 0 Å². The van der Waals surface area contributed by atoms with E-state index in [1.54, 1.807) is 7.11 Å². The Morgan fingerprint density at radius 2 is 1.74 bits per heavy atom. The van der Waals surface area contributed by atoms with Gasteiger partial charge in [-0.1, -0.05) is 40.2 Å². The van der Waals surface area contributed by atoms with Crippen LogP contribution < -0.4 is 9.47 Å². The van der Waals surface area contributed by atoms with Gasteiger partial charge in [0.15, 0.2) is 18.1 Å². The number of methoxy groups -OCH3 is 1. The van der Waals surface area contributed by atoms with Crippen LogP contribution in [-0.4, -0.2) is 13.7 Å². The van der Waals surface area contributed by atoms with E-state index in [0.29, 0.717) is 12.4 Å². The molecule has 0 bridgehead atoms. The lowest BCUT2D eigenvalue weighted by molar-refractivity contribution is -0.204. The lowest BCUT2D eigenvalue weighted by Crippen LogP contribution is -2.43. The minimum atomic E-state index is -0.894. The average molecular weight is 321 g/mol. The second-order valence-corrected chi connectivity index (χ2v) is 5.22. The molecular weight excluding hydrogens is 308 g/mol. The number of benzene rings is 2. The topological polar surface area (TPSA) is 27.7 Å². The maximum Gasteiger partial charge on any atom is 0.271 e. The number of ether oxygens (including phenoxy) is 3. The van der Waals surface area contributed by atoms with Gasteiger partial charge in [0.2, 0.25) is 0 Å². The van der Waals surface area contributed by atoms with Crippen LogP contribution in [0.25, 0.3) is 0 Å². The van der Waals surface area contributed by atoms with Crippen molar-refractivity contribution in [2.75, 3.05) is 13.7 Å². The van der Waals surface area contributed by atoms with Gasteiger partial charge in [-0.3, -0.25) is 0 Å². The number of fused-ring (bicyclic) bond motifs is 1. The largest absolute Gasteiger partial charge is 0.482 e. The summed E-state index contributed by atoms with van der Waals surface area (Å²) < 4.78 is 18.4. The first kappa shape index (κ1) is 12.5. The van der Waals surface area contributed by atoms with Crippen molar-refractivity contribution in [3.8, 4) is 11.5 Å². The summed E-state index contributed by atoms with van der Waals surface area (Å²) in [7, 11) is 1.62. The molecule has 1 atom stereocenters. The summed E-state index contributed by atoms with van der Waals surface area (Å²) in [6.45, 7) is 0.322. The molecule has 1 aliphatic heterocycles. The molecule has 0 spiro atoms. The predicted octanol–water partition coefficient (Wildman–Crippen LogP) is 3.72. The molecule has 1 unspecified atom stereocenters. The van der Waals surface area contributed by atoms with E-state index in [0.717, 1.165) is 15.8 Å². The summed E-state index contributed by atoms with van der Waals surface area (Å²) >= 11 is 3.42. The van der Waals surface area contributed by atoms with Gasteiger partial charge in [0.1, 0.15) is 0 Å². The molecule has 0 fully saturated rings. The van der Waals surface area contributed by atoms with E-state index in [9.17, 15) is 0 Å². The quantitative estimate of drug-likeness (QED) is 0.844. The van der Waals surface area contributed by atoms with Crippen LogP contribution >= 0.6 is 15.9 Å². The molecule has 2 aromatic rings. The molecule has 0 radical (unpaired) electrons. The third kappa shape index (κ3) is 2.22. The molecule has 19 heavy (non-hydrogen) atoms. The smallest absolute Gasteiger partial charge is 0.271 e. The molecule has 1 heterocycles. The Kier molecular flexibility index (Phi) is 3.21. The molecule has 0 saturated carbocycles. The third-order valence-corrected chi connectivity index (χ3v) is 3.68. The highest BCUT2D eigenvalue weighted by Gasteiger charge is 2.40. The van der Waals surface area contributed by atoms with Crippen molar-refractivity contribution in [3.05, 3.63) is 58.6 Å². The Hall–Kier alpha value is -1.52. The van der Waals surface area contributed by atoms with Gasteiger partial charge in [-0.15, -0.1) is 0 Å². The minimum Gasteiger partial charge on any atom is -0.482 e. The molecule has 2 aromatic carbocycles. The van der Waals surface area contributed by atoms with Crippen LogP contribution in [0.3, 0.4) is 0 Å². The van der Waals surface area contributed by atoms with Crippen molar-refractivity contribution in [1.29, 1.82) is 0 Å². The maximum absolute atomic E-state index is 6.03. The molecular formula is C15H13BrO3. The van der Waals surface area contributed by atoms with Crippen LogP contribution in [-0.2, 0) is 10.5 Å². The molecule has 1 aliphatic rings. The van der Waals surface area contributed by atoms with E-state index in [1.807, 2.05) is 48.5 Å². The van der Waals surface area contributed by atoms with Crippen LogP contribution in [0.15, 0.2) is 53.0 Å². The van der Waals surface area contributed by atoms with E-state index >= 15 is 0 Å². The van der Waals surface area contributed by atoms with Gasteiger partial charge < -0.3 is 14.2 Å². The van der Waals surface area contributed by atoms with Crippen LogP contribution in [0.5, 0.6) is 11.5 Å². The molecule has 0 saturated heterocycles. The fourth-order valence-corrected chi connectivity index (χ4v) is 2.36. The van der Waals surface area contributed by atoms with Gasteiger partial charge in [-0.05, 0) is 24.3 Å². The second-order valence-electron chi connectivity index (χ2n) is 4.30. The van der Waals surface area contributed by atoms with Gasteiger partial charge >= 0.3 is 0 Å². The zero-order chi connectivity index (χ0) is 13.3. The maximum atomic E-state index is 6.03. The van der Waals surface area contributed by atoms with Crippen LogP contribution in [0.4, 0.5) is 0 Å². The Morgan fingerprint density at radius 3 is 2.42 bits per heavy atom. The van der Waals surface area contributed by atoms with E-state index in [2.05, 4.69) is 15.9 Å². The Balaban J connectivity index is 2.00. The van der Waals surface area contributed by atoms with Crippen molar-refractivity contribution in [2.45, 2.75) is 5.79 Å².